The Morgan fingerprint density at radius 2 is 0.821 bits per heavy atom. The molecule has 4 fully saturated rings. The molecule has 0 aromatic carbocycles. The maximum Gasteiger partial charge on any atom is 0.100 e. The molecule has 4 rings (SSSR count). The lowest BCUT2D eigenvalue weighted by molar-refractivity contribution is 0.0726. The van der Waals surface area contributed by atoms with Crippen molar-refractivity contribution < 1.29 is 4.39 Å². The Hall–Kier alpha value is -0.0700. The van der Waals surface area contributed by atoms with Crippen molar-refractivity contribution in [1.29, 1.82) is 0 Å². The summed E-state index contributed by atoms with van der Waals surface area (Å²) in [6, 6.07) is 0. The van der Waals surface area contributed by atoms with Gasteiger partial charge in [-0.25, -0.2) is 4.39 Å². The van der Waals surface area contributed by atoms with Gasteiger partial charge in [-0.3, -0.25) is 0 Å². The highest BCUT2D eigenvalue weighted by Gasteiger charge is 2.34. The van der Waals surface area contributed by atoms with Crippen molar-refractivity contribution >= 4 is 0 Å². The van der Waals surface area contributed by atoms with Crippen LogP contribution in [-0.2, 0) is 0 Å². The summed E-state index contributed by atoms with van der Waals surface area (Å²) in [7, 11) is 0. The largest absolute Gasteiger partial charge is 0.247 e. The molecular formula is C38H77F. The van der Waals surface area contributed by atoms with Gasteiger partial charge in [-0.05, 0) is 123 Å². The molecule has 1 heteroatoms. The third-order valence-corrected chi connectivity index (χ3v) is 11.1. The minimum absolute atomic E-state index is 0. The highest BCUT2D eigenvalue weighted by molar-refractivity contribution is 4.84. The predicted octanol–water partition coefficient (Wildman–Crippen LogP) is 13.3. The van der Waals surface area contributed by atoms with E-state index in [1.54, 1.807) is 6.92 Å². The van der Waals surface area contributed by atoms with Gasteiger partial charge >= 0.3 is 0 Å². The predicted molar refractivity (Wildman–Crippen MR) is 177 cm³/mol. The van der Waals surface area contributed by atoms with E-state index in [1.807, 2.05) is 0 Å². The topological polar surface area (TPSA) is 0 Å². The molecule has 4 aliphatic rings. The smallest absolute Gasteiger partial charge is 0.100 e. The minimum atomic E-state index is -0.574. The van der Waals surface area contributed by atoms with E-state index in [-0.39, 0.29) is 7.43 Å². The number of hydrogen-bond donors (Lipinski definition) is 0. The van der Waals surface area contributed by atoms with Gasteiger partial charge in [-0.1, -0.05) is 116 Å². The van der Waals surface area contributed by atoms with Crippen molar-refractivity contribution in [2.75, 3.05) is 0 Å². The standard InChI is InChI=1S/2C10H20.C9H17F.C8H16.CH4/c1-8(2)10-6-4-9(3)5-7-10;1-8(2)10-6-4-5-9(3)7-10;1-6(2)8-4-9(5-8)7(3)10;1-6(2)8-4-7(3)5-8;/h2*8-10H,4-7H2,1-3H3;6-9H,4-5H2,1-3H3;6-8H,4-5H2,1-3H3;1H4. The summed E-state index contributed by atoms with van der Waals surface area (Å²) >= 11 is 0. The maximum absolute atomic E-state index is 12.6. The SMILES string of the molecule is C.CC(C)C1CC(C(C)F)C1.CC1CC(C(C)C)C1.CC1CCC(C(C)C)CC1.CC1CCCC(C(C)C)C1. The molecule has 0 aromatic rings. The summed E-state index contributed by atoms with van der Waals surface area (Å²) in [6.07, 6.45) is 16.5. The van der Waals surface area contributed by atoms with Gasteiger partial charge in [0.15, 0.2) is 0 Å². The third kappa shape index (κ3) is 15.7. The Bertz CT molecular complexity index is 543. The van der Waals surface area contributed by atoms with Crippen molar-refractivity contribution in [3.05, 3.63) is 0 Å². The molecule has 0 heterocycles. The second kappa shape index (κ2) is 19.9. The van der Waals surface area contributed by atoms with Crippen LogP contribution in [0.15, 0.2) is 0 Å². The molecule has 0 nitrogen and oxygen atoms in total. The van der Waals surface area contributed by atoms with Crippen LogP contribution in [0.3, 0.4) is 0 Å². The van der Waals surface area contributed by atoms with Gasteiger partial charge in [0.1, 0.15) is 6.17 Å². The van der Waals surface area contributed by atoms with Gasteiger partial charge in [-0.2, -0.15) is 0 Å². The van der Waals surface area contributed by atoms with Crippen LogP contribution in [0.25, 0.3) is 0 Å². The van der Waals surface area contributed by atoms with E-state index in [0.29, 0.717) is 5.92 Å². The van der Waals surface area contributed by atoms with Gasteiger partial charge in [0, 0.05) is 0 Å². The van der Waals surface area contributed by atoms with Gasteiger partial charge < -0.3 is 0 Å². The van der Waals surface area contributed by atoms with E-state index in [4.69, 9.17) is 0 Å². The summed E-state index contributed by atoms with van der Waals surface area (Å²) in [5.74, 6) is 10.9. The molecule has 0 aromatic heterocycles. The average Bonchev–Trinajstić information content (AvgIpc) is 2.77. The first kappa shape index (κ1) is 38.9. The normalized spacial score (nSPS) is 34.7. The highest BCUT2D eigenvalue weighted by atomic mass is 19.1. The quantitative estimate of drug-likeness (QED) is 0.318. The number of hydrogen-bond acceptors (Lipinski definition) is 0. The van der Waals surface area contributed by atoms with Crippen LogP contribution < -0.4 is 0 Å². The Morgan fingerprint density at radius 3 is 1.13 bits per heavy atom. The fourth-order valence-corrected chi connectivity index (χ4v) is 7.18. The fourth-order valence-electron chi connectivity index (χ4n) is 7.18. The molecule has 0 aliphatic heterocycles. The lowest BCUT2D eigenvalue weighted by Gasteiger charge is -2.38. The minimum Gasteiger partial charge on any atom is -0.247 e. The fraction of sp³-hybridized carbons (Fsp3) is 1.00. The van der Waals surface area contributed by atoms with Crippen molar-refractivity contribution in [2.24, 2.45) is 71.0 Å². The van der Waals surface area contributed by atoms with Gasteiger partial charge in [0.25, 0.3) is 0 Å². The van der Waals surface area contributed by atoms with Gasteiger partial charge in [0.05, 0.1) is 0 Å². The van der Waals surface area contributed by atoms with Crippen molar-refractivity contribution in [3.8, 4) is 0 Å². The lowest BCUT2D eigenvalue weighted by Crippen LogP contribution is -2.32. The van der Waals surface area contributed by atoms with Crippen LogP contribution in [0.4, 0.5) is 4.39 Å². The van der Waals surface area contributed by atoms with Crippen LogP contribution in [0.2, 0.25) is 0 Å². The Kier molecular flexibility index (Phi) is 19.9. The zero-order valence-corrected chi connectivity index (χ0v) is 28.4. The van der Waals surface area contributed by atoms with E-state index in [9.17, 15) is 4.39 Å². The first-order valence-electron chi connectivity index (χ1n) is 17.3. The zero-order chi connectivity index (χ0) is 29.0. The monoisotopic (exact) mass is 553 g/mol. The summed E-state index contributed by atoms with van der Waals surface area (Å²) in [4.78, 5) is 0. The van der Waals surface area contributed by atoms with Crippen LogP contribution in [0.5, 0.6) is 0 Å². The molecule has 0 spiro atoms. The molecule has 3 unspecified atom stereocenters. The van der Waals surface area contributed by atoms with E-state index in [0.717, 1.165) is 77.9 Å². The maximum atomic E-state index is 12.6. The number of halogens is 1. The Morgan fingerprint density at radius 1 is 0.410 bits per heavy atom. The van der Waals surface area contributed by atoms with Crippen LogP contribution in [0, 0.1) is 71.0 Å². The molecule has 4 aliphatic carbocycles. The molecule has 0 N–H and O–H groups in total. The van der Waals surface area contributed by atoms with E-state index < -0.39 is 6.17 Å². The molecule has 0 radical (unpaired) electrons. The molecule has 3 atom stereocenters. The summed E-state index contributed by atoms with van der Waals surface area (Å²) in [6.45, 7) is 27.4. The summed E-state index contributed by atoms with van der Waals surface area (Å²) < 4.78 is 12.6. The highest BCUT2D eigenvalue weighted by Crippen LogP contribution is 2.41. The number of rotatable bonds is 5. The first-order chi connectivity index (χ1) is 17.7. The average molecular weight is 553 g/mol. The molecule has 0 amide bonds. The second-order valence-corrected chi connectivity index (χ2v) is 16.0. The van der Waals surface area contributed by atoms with E-state index in [2.05, 4.69) is 76.2 Å². The molecule has 236 valence electrons. The van der Waals surface area contributed by atoms with Gasteiger partial charge in [-0.15, -0.1) is 0 Å². The zero-order valence-electron chi connectivity index (χ0n) is 28.4. The molecule has 4 saturated carbocycles. The van der Waals surface area contributed by atoms with Crippen LogP contribution in [0.1, 0.15) is 168 Å². The molecule has 0 bridgehead atoms. The Labute approximate surface area is 248 Å². The second-order valence-electron chi connectivity index (χ2n) is 16.0. The number of alkyl halides is 1. The van der Waals surface area contributed by atoms with Crippen LogP contribution in [-0.4, -0.2) is 6.17 Å². The van der Waals surface area contributed by atoms with Crippen LogP contribution >= 0.6 is 0 Å². The van der Waals surface area contributed by atoms with Gasteiger partial charge in [0.2, 0.25) is 0 Å². The third-order valence-electron chi connectivity index (χ3n) is 11.1. The van der Waals surface area contributed by atoms with Crippen molar-refractivity contribution in [3.63, 3.8) is 0 Å². The van der Waals surface area contributed by atoms with E-state index in [1.165, 1.54) is 64.2 Å². The Balaban J connectivity index is 0.000000491. The van der Waals surface area contributed by atoms with E-state index >= 15 is 0 Å². The first-order valence-corrected chi connectivity index (χ1v) is 17.3. The van der Waals surface area contributed by atoms with Crippen molar-refractivity contribution in [2.45, 2.75) is 174 Å². The molecule has 0 saturated heterocycles. The van der Waals surface area contributed by atoms with Crippen molar-refractivity contribution in [1.82, 2.24) is 0 Å². The summed E-state index contributed by atoms with van der Waals surface area (Å²) in [5.41, 5.74) is 0. The lowest BCUT2D eigenvalue weighted by atomic mass is 9.68. The molecule has 39 heavy (non-hydrogen) atoms. The molecular weight excluding hydrogens is 475 g/mol. The summed E-state index contributed by atoms with van der Waals surface area (Å²) in [5, 5.41) is 0.